The maximum absolute atomic E-state index is 13.0. The van der Waals surface area contributed by atoms with Crippen molar-refractivity contribution in [1.29, 1.82) is 0 Å². The Bertz CT molecular complexity index is 1120. The molecule has 1 aliphatic heterocycles. The Morgan fingerprint density at radius 3 is 2.03 bits per heavy atom. The topological polar surface area (TPSA) is 94.2 Å². The Labute approximate surface area is 199 Å². The fraction of sp³-hybridized carbons (Fsp3) is 0.346. The number of rotatable bonds is 7. The number of ether oxygens (including phenoxy) is 3. The molecule has 0 fully saturated rings. The Hall–Kier alpha value is -3.81. The maximum atomic E-state index is 13.0. The second-order valence-electron chi connectivity index (χ2n) is 7.92. The molecule has 180 valence electrons. The first-order chi connectivity index (χ1) is 16.3. The molecular weight excluding hydrogens is 436 g/mol. The van der Waals surface area contributed by atoms with Crippen LogP contribution in [-0.2, 0) is 19.1 Å². The predicted octanol–water partition coefficient (Wildman–Crippen LogP) is 4.16. The summed E-state index contributed by atoms with van der Waals surface area (Å²) < 4.78 is 16.2. The normalized spacial score (nSPS) is 14.0. The standard InChI is InChI=1S/C26H30N2O6/c1-6-32-24(29)22-16(3)27-17(4)23(25(30)33-7-2)20(22)15-28(5)26(31)34-21-14-10-12-18-11-8-9-13-19(18)21/h8-14,20,27H,6-7,15H2,1-5H3. The zero-order valence-corrected chi connectivity index (χ0v) is 20.1. The van der Waals surface area contributed by atoms with Crippen LogP contribution in [-0.4, -0.2) is 49.7 Å². The van der Waals surface area contributed by atoms with Crippen LogP contribution in [0.15, 0.2) is 65.0 Å². The van der Waals surface area contributed by atoms with E-state index in [1.165, 1.54) is 4.90 Å². The van der Waals surface area contributed by atoms with Gasteiger partial charge in [0.15, 0.2) is 0 Å². The molecule has 1 N–H and O–H groups in total. The molecular formula is C26H30N2O6. The molecule has 0 bridgehead atoms. The van der Waals surface area contributed by atoms with Crippen molar-refractivity contribution in [3.8, 4) is 5.75 Å². The van der Waals surface area contributed by atoms with Crippen molar-refractivity contribution in [2.75, 3.05) is 26.8 Å². The zero-order valence-electron chi connectivity index (χ0n) is 20.1. The summed E-state index contributed by atoms with van der Waals surface area (Å²) in [6.07, 6.45) is -0.614. The van der Waals surface area contributed by atoms with Crippen molar-refractivity contribution < 1.29 is 28.6 Å². The number of carbonyl (C=O) groups is 3. The number of carbonyl (C=O) groups excluding carboxylic acids is 3. The highest BCUT2D eigenvalue weighted by Crippen LogP contribution is 2.32. The van der Waals surface area contributed by atoms with E-state index >= 15 is 0 Å². The fourth-order valence-electron chi connectivity index (χ4n) is 4.08. The van der Waals surface area contributed by atoms with Gasteiger partial charge in [0.05, 0.1) is 24.4 Å². The largest absolute Gasteiger partial charge is 0.463 e. The van der Waals surface area contributed by atoms with E-state index in [9.17, 15) is 14.4 Å². The van der Waals surface area contributed by atoms with Gasteiger partial charge in [0.1, 0.15) is 5.75 Å². The van der Waals surface area contributed by atoms with Crippen LogP contribution in [0.25, 0.3) is 10.8 Å². The smallest absolute Gasteiger partial charge is 0.415 e. The quantitative estimate of drug-likeness (QED) is 0.612. The summed E-state index contributed by atoms with van der Waals surface area (Å²) >= 11 is 0. The fourth-order valence-corrected chi connectivity index (χ4v) is 4.08. The molecule has 34 heavy (non-hydrogen) atoms. The van der Waals surface area contributed by atoms with Gasteiger partial charge in [-0.25, -0.2) is 14.4 Å². The predicted molar refractivity (Wildman–Crippen MR) is 128 cm³/mol. The molecule has 1 heterocycles. The van der Waals surface area contributed by atoms with E-state index in [0.717, 1.165) is 10.8 Å². The van der Waals surface area contributed by atoms with E-state index in [4.69, 9.17) is 14.2 Å². The monoisotopic (exact) mass is 466 g/mol. The second-order valence-corrected chi connectivity index (χ2v) is 7.92. The first kappa shape index (κ1) is 24.8. The highest BCUT2D eigenvalue weighted by molar-refractivity contribution is 5.98. The van der Waals surface area contributed by atoms with Crippen LogP contribution in [0, 0.1) is 5.92 Å². The summed E-state index contributed by atoms with van der Waals surface area (Å²) in [6, 6.07) is 13.1. The third kappa shape index (κ3) is 5.22. The van der Waals surface area contributed by atoms with Crippen molar-refractivity contribution in [2.45, 2.75) is 27.7 Å². The average Bonchev–Trinajstić information content (AvgIpc) is 2.79. The second kappa shape index (κ2) is 10.9. The third-order valence-electron chi connectivity index (χ3n) is 5.59. The highest BCUT2D eigenvalue weighted by Gasteiger charge is 2.38. The van der Waals surface area contributed by atoms with Gasteiger partial charge in [0.2, 0.25) is 0 Å². The van der Waals surface area contributed by atoms with E-state index in [2.05, 4.69) is 5.32 Å². The molecule has 2 aromatic carbocycles. The lowest BCUT2D eigenvalue weighted by atomic mass is 9.85. The lowest BCUT2D eigenvalue weighted by Crippen LogP contribution is -2.41. The molecule has 2 aromatic rings. The van der Waals surface area contributed by atoms with Crippen LogP contribution in [0.4, 0.5) is 4.79 Å². The van der Waals surface area contributed by atoms with E-state index in [1.807, 2.05) is 36.4 Å². The van der Waals surface area contributed by atoms with Gasteiger partial charge in [-0.15, -0.1) is 0 Å². The Balaban J connectivity index is 1.90. The van der Waals surface area contributed by atoms with Gasteiger partial charge in [0.25, 0.3) is 0 Å². The number of benzene rings is 2. The first-order valence-corrected chi connectivity index (χ1v) is 11.2. The number of allylic oxidation sites excluding steroid dienone is 2. The summed E-state index contributed by atoms with van der Waals surface area (Å²) in [6.45, 7) is 7.26. The van der Waals surface area contributed by atoms with Crippen LogP contribution < -0.4 is 10.1 Å². The summed E-state index contributed by atoms with van der Waals surface area (Å²) in [4.78, 5) is 40.0. The van der Waals surface area contributed by atoms with Gasteiger partial charge >= 0.3 is 18.0 Å². The van der Waals surface area contributed by atoms with Crippen LogP contribution >= 0.6 is 0 Å². The van der Waals surface area contributed by atoms with Gasteiger partial charge in [-0.05, 0) is 39.1 Å². The van der Waals surface area contributed by atoms with E-state index in [1.54, 1.807) is 40.8 Å². The summed E-state index contributed by atoms with van der Waals surface area (Å²) in [5, 5.41) is 4.82. The molecule has 0 aromatic heterocycles. The first-order valence-electron chi connectivity index (χ1n) is 11.2. The van der Waals surface area contributed by atoms with Crippen LogP contribution in [0.1, 0.15) is 27.7 Å². The third-order valence-corrected chi connectivity index (χ3v) is 5.59. The number of hydrogen-bond donors (Lipinski definition) is 1. The maximum Gasteiger partial charge on any atom is 0.415 e. The number of nitrogens with one attached hydrogen (secondary N) is 1. The molecule has 1 amide bonds. The van der Waals surface area contributed by atoms with Crippen molar-refractivity contribution >= 4 is 28.8 Å². The number of nitrogens with zero attached hydrogens (tertiary/aromatic N) is 1. The van der Waals surface area contributed by atoms with Gasteiger partial charge < -0.3 is 24.4 Å². The Kier molecular flexibility index (Phi) is 7.94. The highest BCUT2D eigenvalue weighted by atomic mass is 16.6. The lowest BCUT2D eigenvalue weighted by Gasteiger charge is -2.32. The van der Waals surface area contributed by atoms with Crippen molar-refractivity contribution in [2.24, 2.45) is 5.92 Å². The van der Waals surface area contributed by atoms with Gasteiger partial charge in [0, 0.05) is 36.3 Å². The summed E-state index contributed by atoms with van der Waals surface area (Å²) in [5.74, 6) is -1.43. The zero-order chi connectivity index (χ0) is 24.8. The SMILES string of the molecule is CCOC(=O)C1=C(C)NC(C)=C(C(=O)OCC)C1CN(C)C(=O)Oc1cccc2ccccc12. The van der Waals surface area contributed by atoms with Gasteiger partial charge in [-0.2, -0.15) is 0 Å². The Morgan fingerprint density at radius 2 is 1.44 bits per heavy atom. The molecule has 8 nitrogen and oxygen atoms in total. The number of esters is 2. The minimum absolute atomic E-state index is 0.0161. The van der Waals surface area contributed by atoms with Crippen LogP contribution in [0.2, 0.25) is 0 Å². The summed E-state index contributed by atoms with van der Waals surface area (Å²) in [7, 11) is 1.56. The van der Waals surface area contributed by atoms with Gasteiger partial charge in [-0.1, -0.05) is 36.4 Å². The Morgan fingerprint density at radius 1 is 0.882 bits per heavy atom. The van der Waals surface area contributed by atoms with E-state index < -0.39 is 23.9 Å². The minimum Gasteiger partial charge on any atom is -0.463 e. The van der Waals surface area contributed by atoms with Crippen molar-refractivity contribution in [3.05, 3.63) is 65.0 Å². The van der Waals surface area contributed by atoms with Crippen LogP contribution in [0.3, 0.4) is 0 Å². The number of fused-ring (bicyclic) bond motifs is 1. The molecule has 0 radical (unpaired) electrons. The molecule has 0 atom stereocenters. The molecule has 1 aliphatic rings. The van der Waals surface area contributed by atoms with Crippen molar-refractivity contribution in [3.63, 3.8) is 0 Å². The number of amides is 1. The van der Waals surface area contributed by atoms with Gasteiger partial charge in [-0.3, -0.25) is 0 Å². The van der Waals surface area contributed by atoms with Crippen LogP contribution in [0.5, 0.6) is 5.75 Å². The molecule has 0 unspecified atom stereocenters. The molecule has 3 rings (SSSR count). The lowest BCUT2D eigenvalue weighted by molar-refractivity contribution is -0.140. The minimum atomic E-state index is -0.746. The number of hydrogen-bond acceptors (Lipinski definition) is 7. The van der Waals surface area contributed by atoms with Crippen molar-refractivity contribution in [1.82, 2.24) is 10.2 Å². The van der Waals surface area contributed by atoms with E-state index in [0.29, 0.717) is 17.1 Å². The van der Waals surface area contributed by atoms with E-state index in [-0.39, 0.29) is 30.9 Å². The summed E-state index contributed by atoms with van der Waals surface area (Å²) in [5.41, 5.74) is 1.68. The molecule has 0 saturated heterocycles. The molecule has 0 spiro atoms. The molecule has 8 heteroatoms. The average molecular weight is 467 g/mol. The number of dihydropyridines is 1. The molecule has 0 aliphatic carbocycles. The molecule has 0 saturated carbocycles.